The van der Waals surface area contributed by atoms with Crippen molar-refractivity contribution in [2.24, 2.45) is 0 Å². The van der Waals surface area contributed by atoms with E-state index in [0.29, 0.717) is 5.75 Å². The minimum Gasteiger partial charge on any atom is -0.244 e. The summed E-state index contributed by atoms with van der Waals surface area (Å²) < 4.78 is 24.8. The lowest BCUT2D eigenvalue weighted by Gasteiger charge is -2.09. The number of nitrogens with zero attached hydrogens (tertiary/aromatic N) is 1. The molecule has 0 aliphatic rings. The zero-order valence-corrected chi connectivity index (χ0v) is 16.9. The van der Waals surface area contributed by atoms with Gasteiger partial charge in [-0.3, -0.25) is 0 Å². The fraction of sp³-hybridized carbons (Fsp3) is 0.632. The number of benzene rings is 1. The van der Waals surface area contributed by atoms with Crippen molar-refractivity contribution < 1.29 is 8.42 Å². The van der Waals surface area contributed by atoms with E-state index < -0.39 is 9.84 Å². The van der Waals surface area contributed by atoms with Gasteiger partial charge in [0.05, 0.1) is 26.7 Å². The molecule has 0 saturated carbocycles. The van der Waals surface area contributed by atoms with Gasteiger partial charge in [-0.25, -0.2) is 13.4 Å². The summed E-state index contributed by atoms with van der Waals surface area (Å²) in [6.07, 6.45) is 6.37. The average molecular weight is 368 g/mol. The van der Waals surface area contributed by atoms with Gasteiger partial charge in [0.25, 0.3) is 0 Å². The fourth-order valence-corrected chi connectivity index (χ4v) is 5.00. The van der Waals surface area contributed by atoms with E-state index in [4.69, 9.17) is 0 Å². The molecule has 0 radical (unpaired) electrons. The Morgan fingerprint density at radius 3 is 2.46 bits per heavy atom. The SMILES string of the molecule is Cc1cc(CCCCCCCS(=O)(=O)C(C)C)c(C)c2scnc12. The third-order valence-corrected chi connectivity index (χ3v) is 7.99. The molecule has 0 atom stereocenters. The molecule has 0 saturated heterocycles. The van der Waals surface area contributed by atoms with Gasteiger partial charge >= 0.3 is 0 Å². The molecule has 134 valence electrons. The quantitative estimate of drug-likeness (QED) is 0.570. The van der Waals surface area contributed by atoms with E-state index in [2.05, 4.69) is 24.9 Å². The first-order valence-electron chi connectivity index (χ1n) is 8.86. The van der Waals surface area contributed by atoms with E-state index in [0.717, 1.165) is 31.2 Å². The highest BCUT2D eigenvalue weighted by atomic mass is 32.2. The number of thiazole rings is 1. The van der Waals surface area contributed by atoms with Crippen molar-refractivity contribution in [3.05, 3.63) is 28.3 Å². The van der Waals surface area contributed by atoms with Gasteiger partial charge in [0.2, 0.25) is 0 Å². The van der Waals surface area contributed by atoms with Gasteiger partial charge in [-0.05, 0) is 63.6 Å². The van der Waals surface area contributed by atoms with Crippen LogP contribution in [-0.2, 0) is 16.3 Å². The first-order valence-corrected chi connectivity index (χ1v) is 11.5. The highest BCUT2D eigenvalue weighted by molar-refractivity contribution is 7.91. The summed E-state index contributed by atoms with van der Waals surface area (Å²) in [4.78, 5) is 4.45. The molecule has 1 aromatic carbocycles. The van der Waals surface area contributed by atoms with Crippen LogP contribution in [-0.4, -0.2) is 24.4 Å². The van der Waals surface area contributed by atoms with Crippen LogP contribution >= 0.6 is 11.3 Å². The van der Waals surface area contributed by atoms with Crippen molar-refractivity contribution in [3.8, 4) is 0 Å². The van der Waals surface area contributed by atoms with Gasteiger partial charge in [0.1, 0.15) is 0 Å². The summed E-state index contributed by atoms with van der Waals surface area (Å²) in [5.41, 5.74) is 7.16. The Morgan fingerprint density at radius 1 is 1.08 bits per heavy atom. The maximum atomic E-state index is 11.8. The zero-order valence-electron chi connectivity index (χ0n) is 15.3. The monoisotopic (exact) mass is 367 g/mol. The van der Waals surface area contributed by atoms with E-state index >= 15 is 0 Å². The highest BCUT2D eigenvalue weighted by Gasteiger charge is 2.14. The van der Waals surface area contributed by atoms with Crippen molar-refractivity contribution in [1.29, 1.82) is 0 Å². The lowest BCUT2D eigenvalue weighted by atomic mass is 9.98. The molecule has 2 rings (SSSR count). The van der Waals surface area contributed by atoms with Crippen LogP contribution in [0, 0.1) is 13.8 Å². The second kappa shape index (κ2) is 8.43. The minimum absolute atomic E-state index is 0.245. The Balaban J connectivity index is 1.74. The van der Waals surface area contributed by atoms with E-state index in [1.807, 2.05) is 5.51 Å². The number of sulfone groups is 1. The fourth-order valence-electron chi connectivity index (χ4n) is 3.02. The third-order valence-electron chi connectivity index (χ3n) is 4.75. The Hall–Kier alpha value is -0.940. The number of rotatable bonds is 9. The lowest BCUT2D eigenvalue weighted by Crippen LogP contribution is -2.17. The smallest absolute Gasteiger partial charge is 0.152 e. The minimum atomic E-state index is -2.86. The Bertz CT molecular complexity index is 776. The molecule has 0 N–H and O–H groups in total. The second-order valence-corrected chi connectivity index (χ2v) is 10.5. The summed E-state index contributed by atoms with van der Waals surface area (Å²) in [5.74, 6) is 0.338. The molecule has 0 amide bonds. The number of hydrogen-bond donors (Lipinski definition) is 0. The second-order valence-electron chi connectivity index (χ2n) is 6.94. The van der Waals surface area contributed by atoms with Crippen molar-refractivity contribution >= 4 is 31.4 Å². The Morgan fingerprint density at radius 2 is 1.75 bits per heavy atom. The topological polar surface area (TPSA) is 47.0 Å². The Kier molecular flexibility index (Phi) is 6.81. The summed E-state index contributed by atoms with van der Waals surface area (Å²) >= 11 is 1.73. The molecule has 0 unspecified atom stereocenters. The van der Waals surface area contributed by atoms with Crippen LogP contribution < -0.4 is 0 Å². The standard InChI is InChI=1S/C19H29NO2S2/c1-14(2)24(21,22)11-9-7-5-6-8-10-17-12-15(3)18-19(16(17)4)23-13-20-18/h12-14H,5-11H2,1-4H3. The van der Waals surface area contributed by atoms with Crippen LogP contribution in [0.2, 0.25) is 0 Å². The molecule has 24 heavy (non-hydrogen) atoms. The maximum absolute atomic E-state index is 11.8. The molecule has 0 fully saturated rings. The van der Waals surface area contributed by atoms with Gasteiger partial charge in [0.15, 0.2) is 9.84 Å². The number of aryl methyl sites for hydroxylation is 3. The molecule has 0 aliphatic heterocycles. The number of aromatic nitrogens is 1. The predicted molar refractivity (Wildman–Crippen MR) is 105 cm³/mol. The average Bonchev–Trinajstić information content (AvgIpc) is 3.01. The molecule has 0 spiro atoms. The summed E-state index contributed by atoms with van der Waals surface area (Å²) in [7, 11) is -2.86. The zero-order chi connectivity index (χ0) is 17.7. The van der Waals surface area contributed by atoms with Gasteiger partial charge in [-0.15, -0.1) is 11.3 Å². The van der Waals surface area contributed by atoms with Gasteiger partial charge in [-0.2, -0.15) is 0 Å². The van der Waals surface area contributed by atoms with Crippen LogP contribution in [0.25, 0.3) is 10.2 Å². The largest absolute Gasteiger partial charge is 0.244 e. The molecule has 3 nitrogen and oxygen atoms in total. The van der Waals surface area contributed by atoms with Crippen LogP contribution in [0.3, 0.4) is 0 Å². The third kappa shape index (κ3) is 4.79. The van der Waals surface area contributed by atoms with Crippen LogP contribution in [0.5, 0.6) is 0 Å². The summed E-state index contributed by atoms with van der Waals surface area (Å²) in [5, 5.41) is -0.245. The first-order chi connectivity index (χ1) is 11.3. The number of hydrogen-bond acceptors (Lipinski definition) is 4. The summed E-state index contributed by atoms with van der Waals surface area (Å²) in [6, 6.07) is 2.28. The molecular weight excluding hydrogens is 338 g/mol. The van der Waals surface area contributed by atoms with Crippen LogP contribution in [0.4, 0.5) is 0 Å². The molecule has 1 aromatic heterocycles. The van der Waals surface area contributed by atoms with Crippen molar-refractivity contribution in [2.45, 2.75) is 71.5 Å². The molecule has 0 bridgehead atoms. The van der Waals surface area contributed by atoms with Gasteiger partial charge in [0, 0.05) is 0 Å². The maximum Gasteiger partial charge on any atom is 0.152 e. The van der Waals surface area contributed by atoms with E-state index in [1.165, 1.54) is 34.2 Å². The van der Waals surface area contributed by atoms with Crippen molar-refractivity contribution in [2.75, 3.05) is 5.75 Å². The number of fused-ring (bicyclic) bond motifs is 1. The Labute approximate surface area is 150 Å². The number of unbranched alkanes of at least 4 members (excludes halogenated alkanes) is 4. The highest BCUT2D eigenvalue weighted by Crippen LogP contribution is 2.29. The lowest BCUT2D eigenvalue weighted by molar-refractivity contribution is 0.577. The first kappa shape index (κ1) is 19.4. The van der Waals surface area contributed by atoms with E-state index in [9.17, 15) is 8.42 Å². The van der Waals surface area contributed by atoms with Gasteiger partial charge in [-0.1, -0.05) is 25.3 Å². The van der Waals surface area contributed by atoms with Crippen LogP contribution in [0.15, 0.2) is 11.6 Å². The molecule has 1 heterocycles. The van der Waals surface area contributed by atoms with Crippen molar-refractivity contribution in [3.63, 3.8) is 0 Å². The van der Waals surface area contributed by atoms with Crippen molar-refractivity contribution in [1.82, 2.24) is 4.98 Å². The van der Waals surface area contributed by atoms with E-state index in [1.54, 1.807) is 25.2 Å². The predicted octanol–water partition coefficient (Wildman–Crippen LogP) is 5.23. The normalized spacial score (nSPS) is 12.4. The molecule has 5 heteroatoms. The van der Waals surface area contributed by atoms with E-state index in [-0.39, 0.29) is 5.25 Å². The van der Waals surface area contributed by atoms with Gasteiger partial charge < -0.3 is 0 Å². The molecular formula is C19H29NO2S2. The molecule has 0 aliphatic carbocycles. The summed E-state index contributed by atoms with van der Waals surface area (Å²) in [6.45, 7) is 7.87. The molecule has 2 aromatic rings. The van der Waals surface area contributed by atoms with Crippen LogP contribution in [0.1, 0.15) is 62.6 Å².